The Morgan fingerprint density at radius 3 is 2.48 bits per heavy atom. The smallest absolute Gasteiger partial charge is 0.241 e. The largest absolute Gasteiger partial charge is 0.312 e. The first-order valence-electron chi connectivity index (χ1n) is 7.74. The Labute approximate surface area is 133 Å². The molecule has 6 heteroatoms. The van der Waals surface area contributed by atoms with Crippen LogP contribution in [0.5, 0.6) is 0 Å². The van der Waals surface area contributed by atoms with Gasteiger partial charge in [-0.3, -0.25) is 0 Å². The van der Waals surface area contributed by atoms with Crippen molar-refractivity contribution in [2.75, 3.05) is 13.1 Å². The van der Waals surface area contributed by atoms with Gasteiger partial charge in [-0.15, -0.1) is 11.3 Å². The van der Waals surface area contributed by atoms with Crippen molar-refractivity contribution in [3.05, 3.63) is 15.8 Å². The Morgan fingerprint density at radius 2 is 1.90 bits per heavy atom. The summed E-state index contributed by atoms with van der Waals surface area (Å²) in [5.74, 6) is 0.407. The summed E-state index contributed by atoms with van der Waals surface area (Å²) < 4.78 is 27.6. The number of thiophene rings is 1. The summed E-state index contributed by atoms with van der Waals surface area (Å²) in [4.78, 5) is 2.37. The molecule has 0 amide bonds. The SMILES string of the molecule is CCCNCc1cc(S(=O)(=O)NCC(CC)CC)c(C)s1. The molecule has 1 heterocycles. The van der Waals surface area contributed by atoms with Gasteiger partial charge in [0.15, 0.2) is 0 Å². The minimum absolute atomic E-state index is 0.407. The van der Waals surface area contributed by atoms with E-state index in [2.05, 4.69) is 30.8 Å². The quantitative estimate of drug-likeness (QED) is 0.647. The molecular weight excluding hydrogens is 304 g/mol. The van der Waals surface area contributed by atoms with Gasteiger partial charge in [0.2, 0.25) is 10.0 Å². The molecule has 1 aromatic heterocycles. The first-order chi connectivity index (χ1) is 9.94. The van der Waals surface area contributed by atoms with Crippen molar-refractivity contribution < 1.29 is 8.42 Å². The van der Waals surface area contributed by atoms with Crippen molar-refractivity contribution in [1.29, 1.82) is 0 Å². The van der Waals surface area contributed by atoms with E-state index >= 15 is 0 Å². The fourth-order valence-electron chi connectivity index (χ4n) is 2.15. The second-order valence-electron chi connectivity index (χ2n) is 5.34. The van der Waals surface area contributed by atoms with Crippen LogP contribution in [0, 0.1) is 12.8 Å². The molecule has 0 aliphatic heterocycles. The van der Waals surface area contributed by atoms with Gasteiger partial charge in [0, 0.05) is 22.8 Å². The van der Waals surface area contributed by atoms with Gasteiger partial charge in [-0.1, -0.05) is 33.6 Å². The van der Waals surface area contributed by atoms with Crippen LogP contribution in [0.4, 0.5) is 0 Å². The van der Waals surface area contributed by atoms with Crippen LogP contribution in [0.15, 0.2) is 11.0 Å². The lowest BCUT2D eigenvalue weighted by Crippen LogP contribution is -2.29. The van der Waals surface area contributed by atoms with E-state index in [0.717, 1.165) is 42.1 Å². The van der Waals surface area contributed by atoms with E-state index in [1.807, 2.05) is 6.92 Å². The van der Waals surface area contributed by atoms with Crippen molar-refractivity contribution >= 4 is 21.4 Å². The van der Waals surface area contributed by atoms with E-state index in [1.165, 1.54) is 0 Å². The molecule has 0 saturated heterocycles. The zero-order chi connectivity index (χ0) is 15.9. The van der Waals surface area contributed by atoms with Crippen LogP contribution in [0.25, 0.3) is 0 Å². The highest BCUT2D eigenvalue weighted by Crippen LogP contribution is 2.25. The van der Waals surface area contributed by atoms with E-state index in [1.54, 1.807) is 17.4 Å². The molecule has 2 N–H and O–H groups in total. The van der Waals surface area contributed by atoms with Gasteiger partial charge >= 0.3 is 0 Å². The maximum absolute atomic E-state index is 12.4. The molecule has 0 aliphatic rings. The topological polar surface area (TPSA) is 58.2 Å². The van der Waals surface area contributed by atoms with E-state index in [0.29, 0.717) is 17.4 Å². The number of hydrogen-bond acceptors (Lipinski definition) is 4. The summed E-state index contributed by atoms with van der Waals surface area (Å²) in [6.07, 6.45) is 3.06. The molecule has 0 bridgehead atoms. The van der Waals surface area contributed by atoms with E-state index in [4.69, 9.17) is 0 Å². The van der Waals surface area contributed by atoms with Crippen molar-refractivity contribution in [3.63, 3.8) is 0 Å². The zero-order valence-corrected chi connectivity index (χ0v) is 15.2. The molecule has 0 spiro atoms. The Hall–Kier alpha value is -0.430. The van der Waals surface area contributed by atoms with E-state index in [-0.39, 0.29) is 0 Å². The monoisotopic (exact) mass is 332 g/mol. The molecule has 4 nitrogen and oxygen atoms in total. The van der Waals surface area contributed by atoms with Crippen molar-refractivity contribution in [2.45, 2.75) is 58.4 Å². The van der Waals surface area contributed by atoms with Crippen LogP contribution in [0.2, 0.25) is 0 Å². The summed E-state index contributed by atoms with van der Waals surface area (Å²) in [5.41, 5.74) is 0. The Bertz CT molecular complexity index is 520. The third-order valence-corrected chi connectivity index (χ3v) is 6.38. The lowest BCUT2D eigenvalue weighted by atomic mass is 10.0. The number of aryl methyl sites for hydroxylation is 1. The standard InChI is InChI=1S/C15H28N2O2S2/c1-5-8-16-11-14-9-15(12(4)20-14)21(18,19)17-10-13(6-2)7-3/h9,13,16-17H,5-8,10-11H2,1-4H3. The Morgan fingerprint density at radius 1 is 1.24 bits per heavy atom. The molecule has 0 aromatic carbocycles. The van der Waals surface area contributed by atoms with Crippen LogP contribution in [0.3, 0.4) is 0 Å². The molecule has 0 fully saturated rings. The molecule has 21 heavy (non-hydrogen) atoms. The normalized spacial score (nSPS) is 12.2. The van der Waals surface area contributed by atoms with Crippen molar-refractivity contribution in [2.24, 2.45) is 5.92 Å². The first kappa shape index (κ1) is 18.6. The van der Waals surface area contributed by atoms with Crippen LogP contribution in [-0.4, -0.2) is 21.5 Å². The average Bonchev–Trinajstić information content (AvgIpc) is 2.82. The fourth-order valence-corrected chi connectivity index (χ4v) is 4.87. The molecule has 0 unspecified atom stereocenters. The number of hydrogen-bond donors (Lipinski definition) is 2. The molecule has 1 aromatic rings. The zero-order valence-electron chi connectivity index (χ0n) is 13.5. The summed E-state index contributed by atoms with van der Waals surface area (Å²) >= 11 is 1.56. The highest BCUT2D eigenvalue weighted by Gasteiger charge is 2.20. The van der Waals surface area contributed by atoms with Gasteiger partial charge in [0.25, 0.3) is 0 Å². The predicted molar refractivity (Wildman–Crippen MR) is 90.3 cm³/mol. The van der Waals surface area contributed by atoms with Gasteiger partial charge < -0.3 is 5.32 Å². The van der Waals surface area contributed by atoms with Crippen molar-refractivity contribution in [1.82, 2.24) is 10.0 Å². The first-order valence-corrected chi connectivity index (χ1v) is 10.0. The molecular formula is C15H28N2O2S2. The van der Waals surface area contributed by atoms with Gasteiger partial charge in [-0.2, -0.15) is 0 Å². The Balaban J connectivity index is 2.74. The van der Waals surface area contributed by atoms with Crippen LogP contribution in [-0.2, 0) is 16.6 Å². The minimum atomic E-state index is -3.38. The van der Waals surface area contributed by atoms with Gasteiger partial charge in [0.1, 0.15) is 0 Å². The summed E-state index contributed by atoms with van der Waals surface area (Å²) in [6.45, 7) is 10.4. The molecule has 0 aliphatic carbocycles. The van der Waals surface area contributed by atoms with Crippen LogP contribution in [0.1, 0.15) is 49.8 Å². The minimum Gasteiger partial charge on any atom is -0.312 e. The second kappa shape index (κ2) is 8.88. The molecule has 0 saturated carbocycles. The third kappa shape index (κ3) is 5.70. The maximum atomic E-state index is 12.4. The molecule has 0 atom stereocenters. The summed E-state index contributed by atoms with van der Waals surface area (Å²) in [5, 5.41) is 3.31. The maximum Gasteiger partial charge on any atom is 0.241 e. The number of rotatable bonds is 10. The van der Waals surface area contributed by atoms with Crippen molar-refractivity contribution in [3.8, 4) is 0 Å². The molecule has 0 radical (unpaired) electrons. The highest BCUT2D eigenvalue weighted by atomic mass is 32.2. The molecule has 1 rings (SSSR count). The van der Waals surface area contributed by atoms with Gasteiger partial charge in [-0.05, 0) is 31.9 Å². The predicted octanol–water partition coefficient (Wildman–Crippen LogP) is 3.27. The average molecular weight is 333 g/mol. The lowest BCUT2D eigenvalue weighted by Gasteiger charge is -2.13. The van der Waals surface area contributed by atoms with Gasteiger partial charge in [0.05, 0.1) is 4.90 Å². The fraction of sp³-hybridized carbons (Fsp3) is 0.733. The van der Waals surface area contributed by atoms with Crippen LogP contribution < -0.4 is 10.0 Å². The van der Waals surface area contributed by atoms with E-state index < -0.39 is 10.0 Å². The third-order valence-electron chi connectivity index (χ3n) is 3.66. The summed E-state index contributed by atoms with van der Waals surface area (Å²) in [6, 6.07) is 1.80. The lowest BCUT2D eigenvalue weighted by molar-refractivity contribution is 0.479. The summed E-state index contributed by atoms with van der Waals surface area (Å²) in [7, 11) is -3.38. The highest BCUT2D eigenvalue weighted by molar-refractivity contribution is 7.89. The van der Waals surface area contributed by atoms with E-state index in [9.17, 15) is 8.42 Å². The Kier molecular flexibility index (Phi) is 7.87. The number of nitrogens with one attached hydrogen (secondary N) is 2. The second-order valence-corrected chi connectivity index (χ2v) is 8.42. The van der Waals surface area contributed by atoms with Crippen LogP contribution >= 0.6 is 11.3 Å². The molecule has 122 valence electrons. The van der Waals surface area contributed by atoms with Gasteiger partial charge in [-0.25, -0.2) is 13.1 Å². The number of sulfonamides is 1.